The second-order valence-electron chi connectivity index (χ2n) is 12.2. The summed E-state index contributed by atoms with van der Waals surface area (Å²) < 4.78 is 17.2. The van der Waals surface area contributed by atoms with Crippen molar-refractivity contribution in [3.05, 3.63) is 47.4 Å². The molecule has 9 heteroatoms. The number of allylic oxidation sites excluding steroid dienone is 2. The molecular formula is C30H33N5O4. The van der Waals surface area contributed by atoms with Crippen molar-refractivity contribution < 1.29 is 18.5 Å². The fraction of sp³-hybridized carbons (Fsp3) is 0.567. The zero-order valence-corrected chi connectivity index (χ0v) is 22.1. The molecule has 0 N–H and O–H groups in total. The zero-order valence-electron chi connectivity index (χ0n) is 22.1. The van der Waals surface area contributed by atoms with Crippen LogP contribution in [0.3, 0.4) is 0 Å². The molecule has 3 heterocycles. The number of rotatable bonds is 8. The highest BCUT2D eigenvalue weighted by molar-refractivity contribution is 5.96. The molecule has 2 aromatic heterocycles. The molecule has 0 spiro atoms. The molecule has 9 rings (SSSR count). The van der Waals surface area contributed by atoms with Gasteiger partial charge < -0.3 is 18.6 Å². The molecule has 1 aromatic carbocycles. The van der Waals surface area contributed by atoms with E-state index in [-0.39, 0.29) is 17.2 Å². The van der Waals surface area contributed by atoms with Crippen LogP contribution in [0.2, 0.25) is 0 Å². The third kappa shape index (κ3) is 4.40. The predicted octanol–water partition coefficient (Wildman–Crippen LogP) is 5.66. The molecule has 0 atom stereocenters. The first-order chi connectivity index (χ1) is 19.1. The Hall–Kier alpha value is -3.33. The first-order valence-electron chi connectivity index (χ1n) is 14.5. The second kappa shape index (κ2) is 9.11. The number of aromatic nitrogens is 4. The van der Waals surface area contributed by atoms with Crippen LogP contribution in [0, 0.1) is 11.3 Å². The molecule has 6 aliphatic rings. The first-order valence-corrected chi connectivity index (χ1v) is 14.5. The summed E-state index contributed by atoms with van der Waals surface area (Å²) in [5.74, 6) is 3.91. The Bertz CT molecular complexity index is 1430. The maximum Gasteiger partial charge on any atom is 0.253 e. The Morgan fingerprint density at radius 3 is 2.56 bits per heavy atom. The van der Waals surface area contributed by atoms with Gasteiger partial charge in [0.05, 0.1) is 0 Å². The maximum atomic E-state index is 14.0. The van der Waals surface area contributed by atoms with Gasteiger partial charge in [-0.15, -0.1) is 10.2 Å². The Kier molecular flexibility index (Phi) is 5.50. The molecule has 39 heavy (non-hydrogen) atoms. The quantitative estimate of drug-likeness (QED) is 0.369. The fourth-order valence-electron chi connectivity index (χ4n) is 6.57. The van der Waals surface area contributed by atoms with Crippen molar-refractivity contribution in [1.29, 1.82) is 0 Å². The summed E-state index contributed by atoms with van der Waals surface area (Å²) in [7, 11) is 0. The zero-order chi connectivity index (χ0) is 26.0. The van der Waals surface area contributed by atoms with E-state index in [2.05, 4.69) is 15.4 Å². The van der Waals surface area contributed by atoms with E-state index >= 15 is 0 Å². The van der Waals surface area contributed by atoms with Gasteiger partial charge in [-0.1, -0.05) is 16.8 Å². The van der Waals surface area contributed by atoms with Gasteiger partial charge in [-0.05, 0) is 87.8 Å². The average molecular weight is 528 g/mol. The normalized spacial score (nSPS) is 22.6. The van der Waals surface area contributed by atoms with Crippen LogP contribution in [-0.2, 0) is 9.53 Å². The van der Waals surface area contributed by atoms with Crippen molar-refractivity contribution in [3.8, 4) is 11.5 Å². The summed E-state index contributed by atoms with van der Waals surface area (Å²) in [6.07, 6.45) is 10.0. The first kappa shape index (κ1) is 23.5. The van der Waals surface area contributed by atoms with Crippen molar-refractivity contribution in [1.82, 2.24) is 20.3 Å². The van der Waals surface area contributed by atoms with Crippen LogP contribution in [0.25, 0.3) is 17.0 Å². The number of ether oxygens (including phenoxy) is 1. The van der Waals surface area contributed by atoms with Crippen molar-refractivity contribution in [2.75, 3.05) is 24.7 Å². The number of hydrogen-bond acceptors (Lipinski definition) is 8. The summed E-state index contributed by atoms with van der Waals surface area (Å²) in [4.78, 5) is 20.8. The van der Waals surface area contributed by atoms with Crippen LogP contribution in [0.1, 0.15) is 93.6 Å². The van der Waals surface area contributed by atoms with Crippen molar-refractivity contribution in [3.63, 3.8) is 0 Å². The van der Waals surface area contributed by atoms with E-state index in [0.29, 0.717) is 43.4 Å². The van der Waals surface area contributed by atoms with E-state index in [1.54, 1.807) is 0 Å². The van der Waals surface area contributed by atoms with E-state index in [4.69, 9.17) is 18.7 Å². The molecule has 4 fully saturated rings. The molecule has 1 saturated heterocycles. The minimum atomic E-state index is -0.0165. The van der Waals surface area contributed by atoms with Crippen LogP contribution in [-0.4, -0.2) is 46.0 Å². The lowest BCUT2D eigenvalue weighted by Gasteiger charge is -2.51. The summed E-state index contributed by atoms with van der Waals surface area (Å²) in [5, 5.41) is 12.8. The van der Waals surface area contributed by atoms with Gasteiger partial charge in [0, 0.05) is 54.3 Å². The number of nitrogens with zero attached hydrogens (tertiary/aromatic N) is 5. The number of benzene rings is 1. The summed E-state index contributed by atoms with van der Waals surface area (Å²) >= 11 is 0. The predicted molar refractivity (Wildman–Crippen MR) is 142 cm³/mol. The van der Waals surface area contributed by atoms with Gasteiger partial charge in [-0.3, -0.25) is 4.79 Å². The lowest BCUT2D eigenvalue weighted by molar-refractivity contribution is -0.125. The van der Waals surface area contributed by atoms with Gasteiger partial charge in [0.25, 0.3) is 5.89 Å². The molecule has 0 radical (unpaired) electrons. The molecular weight excluding hydrogens is 494 g/mol. The van der Waals surface area contributed by atoms with Crippen LogP contribution in [0.5, 0.6) is 0 Å². The molecule has 3 saturated carbocycles. The highest BCUT2D eigenvalue weighted by atomic mass is 16.5. The minimum absolute atomic E-state index is 0.0165. The summed E-state index contributed by atoms with van der Waals surface area (Å²) in [6, 6.07) is 8.06. The number of carbonyl (C=O) groups excluding carboxylic acids is 1. The molecule has 1 amide bonds. The van der Waals surface area contributed by atoms with Gasteiger partial charge in [0.2, 0.25) is 17.7 Å². The Labute approximate surface area is 227 Å². The largest absolute Gasteiger partial charge is 0.420 e. The van der Waals surface area contributed by atoms with E-state index in [1.165, 1.54) is 24.0 Å². The van der Waals surface area contributed by atoms with E-state index in [9.17, 15) is 4.79 Å². The third-order valence-electron chi connectivity index (χ3n) is 9.25. The van der Waals surface area contributed by atoms with Crippen LogP contribution in [0.4, 0.5) is 5.69 Å². The number of carbonyl (C=O) groups is 1. The number of amides is 1. The Morgan fingerprint density at radius 2 is 1.82 bits per heavy atom. The van der Waals surface area contributed by atoms with Gasteiger partial charge in [0.15, 0.2) is 5.82 Å². The monoisotopic (exact) mass is 527 g/mol. The molecule has 0 unspecified atom stereocenters. The van der Waals surface area contributed by atoms with Crippen LogP contribution in [0.15, 0.2) is 38.8 Å². The smallest absolute Gasteiger partial charge is 0.253 e. The molecule has 9 nitrogen and oxygen atoms in total. The standard InChI is InChI=1S/C30H33N5O4/c36-29(20-9-12-37-13-10-20)35(23-3-1-2-21(14-23)27-33-32-26(38-27)19-6-7-19)17-30-11-8-24(22(15-30)16-30)28-31-25(34-39-28)18-4-5-18/h1-3,14,18-20H,4-13,15-17H2. The molecule has 2 bridgehead atoms. The number of fused-ring (bicyclic) bond motifs is 2. The summed E-state index contributed by atoms with van der Waals surface area (Å²) in [5.41, 5.74) is 4.50. The van der Waals surface area contributed by atoms with Crippen molar-refractivity contribution >= 4 is 17.2 Å². The topological polar surface area (TPSA) is 107 Å². The summed E-state index contributed by atoms with van der Waals surface area (Å²) in [6.45, 7) is 1.99. The minimum Gasteiger partial charge on any atom is -0.420 e. The van der Waals surface area contributed by atoms with Crippen LogP contribution < -0.4 is 4.90 Å². The third-order valence-corrected chi connectivity index (χ3v) is 9.25. The average Bonchev–Trinajstić information content (AvgIpc) is 3.90. The lowest BCUT2D eigenvalue weighted by atomic mass is 9.57. The number of hydrogen-bond donors (Lipinski definition) is 0. The highest BCUT2D eigenvalue weighted by Crippen LogP contribution is 2.58. The fourth-order valence-corrected chi connectivity index (χ4v) is 6.57. The maximum absolute atomic E-state index is 14.0. The van der Waals surface area contributed by atoms with Gasteiger partial charge in [-0.25, -0.2) is 0 Å². The van der Waals surface area contributed by atoms with Crippen molar-refractivity contribution in [2.24, 2.45) is 11.3 Å². The van der Waals surface area contributed by atoms with E-state index in [1.807, 2.05) is 29.2 Å². The highest BCUT2D eigenvalue weighted by Gasteiger charge is 2.48. The van der Waals surface area contributed by atoms with Gasteiger partial charge >= 0.3 is 0 Å². The Balaban J connectivity index is 1.06. The SMILES string of the molecule is O=C(C1CCOCC1)N(CC12CCC(c3nc(C4CC4)no3)=C(C1)C2)c1cccc(-c2nnc(C3CC3)o2)c1. The van der Waals surface area contributed by atoms with E-state index < -0.39 is 0 Å². The van der Waals surface area contributed by atoms with Crippen LogP contribution >= 0.6 is 0 Å². The molecule has 202 valence electrons. The van der Waals surface area contributed by atoms with E-state index in [0.717, 1.165) is 74.3 Å². The van der Waals surface area contributed by atoms with Gasteiger partial charge in [0.1, 0.15) is 0 Å². The second-order valence-corrected chi connectivity index (χ2v) is 12.2. The molecule has 1 aliphatic heterocycles. The Morgan fingerprint density at radius 1 is 1.00 bits per heavy atom. The molecule has 5 aliphatic carbocycles. The van der Waals surface area contributed by atoms with Crippen molar-refractivity contribution in [2.45, 2.75) is 76.0 Å². The lowest BCUT2D eigenvalue weighted by Crippen LogP contribution is -2.50. The van der Waals surface area contributed by atoms with Gasteiger partial charge in [-0.2, -0.15) is 4.98 Å². The number of anilines is 1. The molecule has 3 aromatic rings.